The van der Waals surface area contributed by atoms with Crippen molar-refractivity contribution in [1.82, 2.24) is 0 Å². The van der Waals surface area contributed by atoms with Crippen molar-refractivity contribution in [1.29, 1.82) is 0 Å². The van der Waals surface area contributed by atoms with Gasteiger partial charge in [-0.05, 0) is 36.8 Å². The summed E-state index contributed by atoms with van der Waals surface area (Å²) in [5, 5.41) is 13.1. The summed E-state index contributed by atoms with van der Waals surface area (Å²) in [5.74, 6) is -1.26. The largest absolute Gasteiger partial charge is 0.322 e. The third-order valence-electron chi connectivity index (χ3n) is 2.66. The third-order valence-corrected chi connectivity index (χ3v) is 3.11. The number of hydrogen-bond acceptors (Lipinski definition) is 3. The number of rotatable bonds is 3. The summed E-state index contributed by atoms with van der Waals surface area (Å²) >= 11 is 3.28. The number of non-ortho nitro benzene ring substituents is 1. The van der Waals surface area contributed by atoms with E-state index < -0.39 is 22.3 Å². The normalized spacial score (nSPS) is 10.2. The number of hydrogen-bond donors (Lipinski definition) is 1. The van der Waals surface area contributed by atoms with Gasteiger partial charge in [0.2, 0.25) is 0 Å². The number of benzene rings is 2. The van der Waals surface area contributed by atoms with Crippen LogP contribution in [0.15, 0.2) is 40.9 Å². The Morgan fingerprint density at radius 3 is 2.57 bits per heavy atom. The van der Waals surface area contributed by atoms with Crippen LogP contribution in [-0.2, 0) is 0 Å². The fourth-order valence-electron chi connectivity index (χ4n) is 1.82. The van der Waals surface area contributed by atoms with Crippen molar-refractivity contribution in [2.24, 2.45) is 0 Å². The minimum absolute atomic E-state index is 0.0318. The van der Waals surface area contributed by atoms with Gasteiger partial charge < -0.3 is 5.32 Å². The van der Waals surface area contributed by atoms with E-state index in [1.54, 1.807) is 12.1 Å². The molecule has 108 valence electrons. The summed E-state index contributed by atoms with van der Waals surface area (Å²) in [7, 11) is 0. The standard InChI is InChI=1S/C14H10BrFN2O3/c1-8-2-9(4-10(15)3-8)14(19)17-12-5-11(16)6-13(7-12)18(20)21/h2-7H,1H3,(H,17,19). The van der Waals surface area contributed by atoms with Gasteiger partial charge in [-0.1, -0.05) is 15.9 Å². The summed E-state index contributed by atoms with van der Waals surface area (Å²) in [6, 6.07) is 8.02. The summed E-state index contributed by atoms with van der Waals surface area (Å²) in [6.45, 7) is 1.83. The van der Waals surface area contributed by atoms with E-state index in [1.165, 1.54) is 0 Å². The molecule has 7 heteroatoms. The van der Waals surface area contributed by atoms with Crippen LogP contribution in [0.2, 0.25) is 0 Å². The Balaban J connectivity index is 2.29. The molecule has 2 rings (SSSR count). The molecule has 0 spiro atoms. The van der Waals surface area contributed by atoms with Crippen LogP contribution in [0.5, 0.6) is 0 Å². The Morgan fingerprint density at radius 2 is 1.95 bits per heavy atom. The van der Waals surface area contributed by atoms with Crippen molar-refractivity contribution < 1.29 is 14.1 Å². The predicted molar refractivity (Wildman–Crippen MR) is 79.9 cm³/mol. The Kier molecular flexibility index (Phi) is 4.32. The lowest BCUT2D eigenvalue weighted by Gasteiger charge is -2.07. The van der Waals surface area contributed by atoms with Gasteiger partial charge in [0, 0.05) is 16.1 Å². The first-order valence-corrected chi connectivity index (χ1v) is 6.68. The molecule has 0 atom stereocenters. The average Bonchev–Trinajstić information content (AvgIpc) is 2.36. The molecule has 0 aliphatic rings. The van der Waals surface area contributed by atoms with Gasteiger partial charge in [0.05, 0.1) is 16.7 Å². The quantitative estimate of drug-likeness (QED) is 0.668. The summed E-state index contributed by atoms with van der Waals surface area (Å²) in [6.07, 6.45) is 0. The number of nitrogens with one attached hydrogen (secondary N) is 1. The molecule has 0 aliphatic heterocycles. The fraction of sp³-hybridized carbons (Fsp3) is 0.0714. The first-order valence-electron chi connectivity index (χ1n) is 5.88. The van der Waals surface area contributed by atoms with E-state index in [1.807, 2.05) is 13.0 Å². The van der Waals surface area contributed by atoms with Crippen LogP contribution in [0.4, 0.5) is 15.8 Å². The fourth-order valence-corrected chi connectivity index (χ4v) is 2.43. The summed E-state index contributed by atoms with van der Waals surface area (Å²) in [5.41, 5.74) is 0.855. The van der Waals surface area contributed by atoms with Gasteiger partial charge in [0.1, 0.15) is 5.82 Å². The molecule has 0 fully saturated rings. The van der Waals surface area contributed by atoms with E-state index in [4.69, 9.17) is 0 Å². The van der Waals surface area contributed by atoms with Crippen molar-refractivity contribution in [3.8, 4) is 0 Å². The second-order valence-corrected chi connectivity index (χ2v) is 5.34. The Morgan fingerprint density at radius 1 is 1.24 bits per heavy atom. The lowest BCUT2D eigenvalue weighted by atomic mass is 10.1. The molecule has 0 aromatic heterocycles. The topological polar surface area (TPSA) is 72.2 Å². The van der Waals surface area contributed by atoms with Crippen LogP contribution < -0.4 is 5.32 Å². The molecule has 1 amide bonds. The van der Waals surface area contributed by atoms with Crippen LogP contribution in [-0.4, -0.2) is 10.8 Å². The molecule has 0 unspecified atom stereocenters. The highest BCUT2D eigenvalue weighted by molar-refractivity contribution is 9.10. The number of carbonyl (C=O) groups is 1. The molecule has 0 saturated carbocycles. The van der Waals surface area contributed by atoms with Crippen LogP contribution in [0, 0.1) is 22.9 Å². The average molecular weight is 353 g/mol. The highest BCUT2D eigenvalue weighted by Crippen LogP contribution is 2.21. The van der Waals surface area contributed by atoms with Gasteiger partial charge in [0.15, 0.2) is 0 Å². The zero-order valence-electron chi connectivity index (χ0n) is 10.9. The number of amides is 1. The predicted octanol–water partition coefficient (Wildman–Crippen LogP) is 4.06. The Bertz CT molecular complexity index is 714. The van der Waals surface area contributed by atoms with Crippen LogP contribution in [0.3, 0.4) is 0 Å². The lowest BCUT2D eigenvalue weighted by Crippen LogP contribution is -2.12. The zero-order chi connectivity index (χ0) is 15.6. The second kappa shape index (κ2) is 6.01. The molecular weight excluding hydrogens is 343 g/mol. The van der Waals surface area contributed by atoms with Gasteiger partial charge >= 0.3 is 0 Å². The van der Waals surface area contributed by atoms with Crippen molar-refractivity contribution in [3.63, 3.8) is 0 Å². The van der Waals surface area contributed by atoms with Crippen molar-refractivity contribution in [2.75, 3.05) is 5.32 Å². The Hall–Kier alpha value is -2.28. The van der Waals surface area contributed by atoms with E-state index in [0.29, 0.717) is 5.56 Å². The van der Waals surface area contributed by atoms with E-state index in [9.17, 15) is 19.3 Å². The number of halogens is 2. The van der Waals surface area contributed by atoms with E-state index in [0.717, 1.165) is 28.2 Å². The van der Waals surface area contributed by atoms with Crippen LogP contribution in [0.25, 0.3) is 0 Å². The lowest BCUT2D eigenvalue weighted by molar-refractivity contribution is -0.385. The first kappa shape index (κ1) is 15.1. The van der Waals surface area contributed by atoms with Gasteiger partial charge in [0.25, 0.3) is 11.6 Å². The SMILES string of the molecule is Cc1cc(Br)cc(C(=O)Nc2cc(F)cc([N+](=O)[O-])c2)c1. The monoisotopic (exact) mass is 352 g/mol. The molecule has 2 aromatic carbocycles. The minimum Gasteiger partial charge on any atom is -0.322 e. The van der Waals surface area contributed by atoms with Crippen LogP contribution in [0.1, 0.15) is 15.9 Å². The minimum atomic E-state index is -0.787. The Labute approximate surface area is 128 Å². The van der Waals surface area contributed by atoms with Crippen molar-refractivity contribution >= 4 is 33.2 Å². The number of nitro groups is 1. The maximum absolute atomic E-state index is 13.3. The smallest absolute Gasteiger partial charge is 0.274 e. The van der Waals surface area contributed by atoms with E-state index >= 15 is 0 Å². The molecular formula is C14H10BrFN2O3. The van der Waals surface area contributed by atoms with Gasteiger partial charge in [-0.25, -0.2) is 4.39 Å². The zero-order valence-corrected chi connectivity index (χ0v) is 12.5. The highest BCUT2D eigenvalue weighted by atomic mass is 79.9. The summed E-state index contributed by atoms with van der Waals surface area (Å²) < 4.78 is 14.0. The maximum atomic E-state index is 13.3. The van der Waals surface area contributed by atoms with E-state index in [-0.39, 0.29) is 5.69 Å². The number of nitrogens with zero attached hydrogens (tertiary/aromatic N) is 1. The van der Waals surface area contributed by atoms with Gasteiger partial charge in [-0.3, -0.25) is 14.9 Å². The van der Waals surface area contributed by atoms with Gasteiger partial charge in [-0.15, -0.1) is 0 Å². The number of aryl methyl sites for hydroxylation is 1. The first-order chi connectivity index (χ1) is 9.85. The second-order valence-electron chi connectivity index (χ2n) is 4.43. The highest BCUT2D eigenvalue weighted by Gasteiger charge is 2.13. The molecule has 0 saturated heterocycles. The van der Waals surface area contributed by atoms with E-state index in [2.05, 4.69) is 21.2 Å². The number of carbonyl (C=O) groups excluding carboxylic acids is 1. The molecule has 1 N–H and O–H groups in total. The van der Waals surface area contributed by atoms with Crippen molar-refractivity contribution in [3.05, 3.63) is 67.9 Å². The van der Waals surface area contributed by atoms with Crippen LogP contribution >= 0.6 is 15.9 Å². The molecule has 5 nitrogen and oxygen atoms in total. The summed E-state index contributed by atoms with van der Waals surface area (Å²) in [4.78, 5) is 22.0. The molecule has 0 radical (unpaired) electrons. The van der Waals surface area contributed by atoms with Crippen molar-refractivity contribution in [2.45, 2.75) is 6.92 Å². The molecule has 21 heavy (non-hydrogen) atoms. The maximum Gasteiger partial charge on any atom is 0.274 e. The van der Waals surface area contributed by atoms with Gasteiger partial charge in [-0.2, -0.15) is 0 Å². The molecule has 0 aliphatic carbocycles. The molecule has 0 bridgehead atoms. The third kappa shape index (κ3) is 3.85. The number of nitro benzene ring substituents is 1. The number of anilines is 1. The molecule has 0 heterocycles. The molecule has 2 aromatic rings.